The van der Waals surface area contributed by atoms with Crippen molar-refractivity contribution in [3.05, 3.63) is 58.9 Å². The Kier molecular flexibility index (Phi) is 5.37. The van der Waals surface area contributed by atoms with Gasteiger partial charge in [0.05, 0.1) is 0 Å². The van der Waals surface area contributed by atoms with E-state index >= 15 is 0 Å². The van der Waals surface area contributed by atoms with Crippen LogP contribution in [-0.4, -0.2) is 12.0 Å². The first-order valence-electron chi connectivity index (χ1n) is 7.72. The summed E-state index contributed by atoms with van der Waals surface area (Å²) in [6.07, 6.45) is -0.295. The van der Waals surface area contributed by atoms with Crippen molar-refractivity contribution in [2.45, 2.75) is 40.2 Å². The SMILES string of the molecule is CC[C@H](Oc1ccccc1F)C(=O)Nc1c(C)cc(C)cc1C. The quantitative estimate of drug-likeness (QED) is 0.879. The molecule has 4 heteroatoms. The molecule has 0 unspecified atom stereocenters. The molecule has 0 aromatic heterocycles. The number of amides is 1. The maximum absolute atomic E-state index is 13.7. The minimum atomic E-state index is -0.744. The number of benzene rings is 2. The summed E-state index contributed by atoms with van der Waals surface area (Å²) in [5.74, 6) is -0.654. The van der Waals surface area contributed by atoms with Gasteiger partial charge in [0.25, 0.3) is 5.91 Å². The highest BCUT2D eigenvalue weighted by Crippen LogP contribution is 2.23. The van der Waals surface area contributed by atoms with Crippen molar-refractivity contribution in [1.82, 2.24) is 0 Å². The molecule has 0 fully saturated rings. The molecule has 0 aliphatic heterocycles. The summed E-state index contributed by atoms with van der Waals surface area (Å²) in [6.45, 7) is 7.75. The standard InChI is InChI=1S/C19H22FNO2/c1-5-16(23-17-9-7-6-8-15(17)20)19(22)21-18-13(3)10-12(2)11-14(18)4/h6-11,16H,5H2,1-4H3,(H,21,22)/t16-/m0/s1. The minimum Gasteiger partial charge on any atom is -0.478 e. The zero-order valence-corrected chi connectivity index (χ0v) is 13.9. The zero-order valence-electron chi connectivity index (χ0n) is 13.9. The smallest absolute Gasteiger partial charge is 0.265 e. The first-order chi connectivity index (χ1) is 10.9. The molecular weight excluding hydrogens is 293 g/mol. The molecule has 0 bridgehead atoms. The van der Waals surface area contributed by atoms with E-state index in [9.17, 15) is 9.18 Å². The summed E-state index contributed by atoms with van der Waals surface area (Å²) in [6, 6.07) is 10.1. The molecule has 0 heterocycles. The molecule has 0 saturated heterocycles. The number of ether oxygens (including phenoxy) is 1. The van der Waals surface area contributed by atoms with E-state index < -0.39 is 11.9 Å². The maximum Gasteiger partial charge on any atom is 0.265 e. The van der Waals surface area contributed by atoms with Gasteiger partial charge in [-0.1, -0.05) is 36.8 Å². The minimum absolute atomic E-state index is 0.0897. The van der Waals surface area contributed by atoms with Crippen molar-refractivity contribution in [2.24, 2.45) is 0 Å². The number of hydrogen-bond donors (Lipinski definition) is 1. The molecule has 2 aromatic carbocycles. The predicted molar refractivity (Wildman–Crippen MR) is 90.4 cm³/mol. The van der Waals surface area contributed by atoms with Gasteiger partial charge < -0.3 is 10.1 Å². The number of nitrogens with one attached hydrogen (secondary N) is 1. The number of carbonyl (C=O) groups excluding carboxylic acids is 1. The van der Waals surface area contributed by atoms with Gasteiger partial charge in [0.15, 0.2) is 17.7 Å². The molecule has 1 amide bonds. The number of hydrogen-bond acceptors (Lipinski definition) is 2. The number of carbonyl (C=O) groups is 1. The van der Waals surface area contributed by atoms with E-state index in [1.165, 1.54) is 12.1 Å². The van der Waals surface area contributed by atoms with Crippen LogP contribution < -0.4 is 10.1 Å². The third-order valence-corrected chi connectivity index (χ3v) is 3.69. The van der Waals surface area contributed by atoms with Gasteiger partial charge in [0, 0.05) is 5.69 Å². The lowest BCUT2D eigenvalue weighted by atomic mass is 10.0. The fraction of sp³-hybridized carbons (Fsp3) is 0.316. The lowest BCUT2D eigenvalue weighted by Crippen LogP contribution is -2.33. The summed E-state index contributed by atoms with van der Waals surface area (Å²) >= 11 is 0. The van der Waals surface area contributed by atoms with Crippen molar-refractivity contribution < 1.29 is 13.9 Å². The first kappa shape index (κ1) is 17.0. The van der Waals surface area contributed by atoms with E-state index in [2.05, 4.69) is 5.32 Å². The third-order valence-electron chi connectivity index (χ3n) is 3.69. The largest absolute Gasteiger partial charge is 0.478 e. The molecular formula is C19H22FNO2. The van der Waals surface area contributed by atoms with Crippen LogP contribution in [0.5, 0.6) is 5.75 Å². The highest BCUT2D eigenvalue weighted by atomic mass is 19.1. The highest BCUT2D eigenvalue weighted by Gasteiger charge is 2.21. The average molecular weight is 315 g/mol. The van der Waals surface area contributed by atoms with Crippen molar-refractivity contribution >= 4 is 11.6 Å². The van der Waals surface area contributed by atoms with E-state index in [0.29, 0.717) is 6.42 Å². The van der Waals surface area contributed by atoms with E-state index in [0.717, 1.165) is 22.4 Å². The van der Waals surface area contributed by atoms with Crippen LogP contribution >= 0.6 is 0 Å². The van der Waals surface area contributed by atoms with Gasteiger partial charge >= 0.3 is 0 Å². The molecule has 23 heavy (non-hydrogen) atoms. The Labute approximate surface area is 136 Å². The molecule has 0 spiro atoms. The Morgan fingerprint density at radius 2 is 1.78 bits per heavy atom. The van der Waals surface area contributed by atoms with Crippen LogP contribution in [0.15, 0.2) is 36.4 Å². The lowest BCUT2D eigenvalue weighted by Gasteiger charge is -2.19. The number of anilines is 1. The van der Waals surface area contributed by atoms with Crippen LogP contribution in [0.3, 0.4) is 0 Å². The highest BCUT2D eigenvalue weighted by molar-refractivity contribution is 5.95. The first-order valence-corrected chi connectivity index (χ1v) is 7.72. The molecule has 1 atom stereocenters. The summed E-state index contributed by atoms with van der Waals surface area (Å²) in [7, 11) is 0. The van der Waals surface area contributed by atoms with Gasteiger partial charge in [-0.2, -0.15) is 0 Å². The number of para-hydroxylation sites is 1. The van der Waals surface area contributed by atoms with Gasteiger partial charge in [-0.15, -0.1) is 0 Å². The van der Waals surface area contributed by atoms with Gasteiger partial charge in [-0.05, 0) is 50.5 Å². The van der Waals surface area contributed by atoms with Crippen LogP contribution in [0, 0.1) is 26.6 Å². The van der Waals surface area contributed by atoms with Crippen LogP contribution in [0.25, 0.3) is 0 Å². The average Bonchev–Trinajstić information content (AvgIpc) is 2.49. The Hall–Kier alpha value is -2.36. The predicted octanol–water partition coefficient (Wildman–Crippen LogP) is 4.55. The van der Waals surface area contributed by atoms with E-state index in [4.69, 9.17) is 4.74 Å². The fourth-order valence-corrected chi connectivity index (χ4v) is 2.60. The van der Waals surface area contributed by atoms with Gasteiger partial charge in [0.2, 0.25) is 0 Å². The van der Waals surface area contributed by atoms with Crippen LogP contribution in [0.4, 0.5) is 10.1 Å². The molecule has 1 N–H and O–H groups in total. The molecule has 2 rings (SSSR count). The van der Waals surface area contributed by atoms with E-state index in [1.54, 1.807) is 12.1 Å². The van der Waals surface area contributed by atoms with Gasteiger partial charge in [-0.3, -0.25) is 4.79 Å². The molecule has 0 aliphatic rings. The van der Waals surface area contributed by atoms with Gasteiger partial charge in [-0.25, -0.2) is 4.39 Å². The van der Waals surface area contributed by atoms with Crippen molar-refractivity contribution in [1.29, 1.82) is 0 Å². The third kappa shape index (κ3) is 4.09. The van der Waals surface area contributed by atoms with E-state index in [1.807, 2.05) is 39.8 Å². The maximum atomic E-state index is 13.7. The summed E-state index contributed by atoms with van der Waals surface area (Å²) in [4.78, 5) is 12.5. The summed E-state index contributed by atoms with van der Waals surface area (Å²) < 4.78 is 19.2. The van der Waals surface area contributed by atoms with Crippen LogP contribution in [0.1, 0.15) is 30.0 Å². The summed E-state index contributed by atoms with van der Waals surface area (Å²) in [5.41, 5.74) is 3.93. The van der Waals surface area contributed by atoms with Crippen LogP contribution in [0.2, 0.25) is 0 Å². The topological polar surface area (TPSA) is 38.3 Å². The Balaban J connectivity index is 2.17. The number of halogens is 1. The molecule has 2 aromatic rings. The zero-order chi connectivity index (χ0) is 17.0. The monoisotopic (exact) mass is 315 g/mol. The van der Waals surface area contributed by atoms with E-state index in [-0.39, 0.29) is 11.7 Å². The normalized spacial score (nSPS) is 11.9. The van der Waals surface area contributed by atoms with Crippen molar-refractivity contribution in [2.75, 3.05) is 5.32 Å². The molecule has 3 nitrogen and oxygen atoms in total. The number of aryl methyl sites for hydroxylation is 3. The second kappa shape index (κ2) is 7.27. The number of rotatable bonds is 5. The molecule has 122 valence electrons. The molecule has 0 saturated carbocycles. The lowest BCUT2D eigenvalue weighted by molar-refractivity contribution is -0.122. The molecule has 0 aliphatic carbocycles. The summed E-state index contributed by atoms with van der Waals surface area (Å²) in [5, 5.41) is 2.91. The Bertz CT molecular complexity index is 689. The second-order valence-corrected chi connectivity index (χ2v) is 5.71. The second-order valence-electron chi connectivity index (χ2n) is 5.71. The molecule has 0 radical (unpaired) electrons. The van der Waals surface area contributed by atoms with Crippen molar-refractivity contribution in [3.8, 4) is 5.75 Å². The fourth-order valence-electron chi connectivity index (χ4n) is 2.60. The van der Waals surface area contributed by atoms with Gasteiger partial charge in [0.1, 0.15) is 0 Å². The van der Waals surface area contributed by atoms with Crippen LogP contribution in [-0.2, 0) is 4.79 Å². The Morgan fingerprint density at radius 3 is 2.35 bits per heavy atom. The van der Waals surface area contributed by atoms with Crippen molar-refractivity contribution in [3.63, 3.8) is 0 Å². The Morgan fingerprint density at radius 1 is 1.17 bits per heavy atom.